The zero-order valence-electron chi connectivity index (χ0n) is 14.1. The lowest BCUT2D eigenvalue weighted by Gasteiger charge is -2.15. The Balaban J connectivity index is 1.59. The Morgan fingerprint density at radius 2 is 1.85 bits per heavy atom. The summed E-state index contributed by atoms with van der Waals surface area (Å²) in [5, 5.41) is 0. The molecule has 4 rings (SSSR count). The molecule has 136 valence electrons. The molecule has 5 nitrogen and oxygen atoms in total. The van der Waals surface area contributed by atoms with Gasteiger partial charge in [-0.15, -0.1) is 0 Å². The minimum Gasteiger partial charge on any atom is -0.402 e. The molecule has 0 N–H and O–H groups in total. The van der Waals surface area contributed by atoms with Crippen molar-refractivity contribution in [3.05, 3.63) is 70.9 Å². The zero-order chi connectivity index (χ0) is 19.0. The van der Waals surface area contributed by atoms with Gasteiger partial charge in [-0.05, 0) is 48.9 Å². The smallest absolute Gasteiger partial charge is 0.363 e. The summed E-state index contributed by atoms with van der Waals surface area (Å²) in [6, 6.07) is 9.98. The van der Waals surface area contributed by atoms with Gasteiger partial charge >= 0.3 is 5.97 Å². The Hall–Kier alpha value is -3.35. The molecule has 1 saturated heterocycles. The van der Waals surface area contributed by atoms with Crippen LogP contribution >= 0.6 is 0 Å². The van der Waals surface area contributed by atoms with Crippen LogP contribution in [0.4, 0.5) is 14.5 Å². The molecule has 0 aromatic heterocycles. The average Bonchev–Trinajstić information content (AvgIpc) is 3.23. The van der Waals surface area contributed by atoms with Crippen molar-refractivity contribution in [2.75, 3.05) is 11.4 Å². The predicted octanol–water partition coefficient (Wildman–Crippen LogP) is 3.44. The van der Waals surface area contributed by atoms with Crippen molar-refractivity contribution < 1.29 is 23.1 Å². The van der Waals surface area contributed by atoms with Crippen molar-refractivity contribution in [1.82, 2.24) is 0 Å². The van der Waals surface area contributed by atoms with E-state index in [1.54, 1.807) is 29.2 Å². The fourth-order valence-electron chi connectivity index (χ4n) is 3.00. The van der Waals surface area contributed by atoms with Crippen molar-refractivity contribution in [2.24, 2.45) is 4.99 Å². The average molecular weight is 368 g/mol. The van der Waals surface area contributed by atoms with Crippen molar-refractivity contribution in [1.29, 1.82) is 0 Å². The first kappa shape index (κ1) is 17.1. The number of rotatable bonds is 3. The quantitative estimate of drug-likeness (QED) is 0.616. The summed E-state index contributed by atoms with van der Waals surface area (Å²) in [4.78, 5) is 29.6. The van der Waals surface area contributed by atoms with Crippen LogP contribution in [-0.2, 0) is 14.3 Å². The van der Waals surface area contributed by atoms with E-state index in [2.05, 4.69) is 4.99 Å². The van der Waals surface area contributed by atoms with Gasteiger partial charge < -0.3 is 9.64 Å². The highest BCUT2D eigenvalue weighted by atomic mass is 19.1. The Morgan fingerprint density at radius 3 is 2.52 bits per heavy atom. The minimum absolute atomic E-state index is 0.0382. The highest BCUT2D eigenvalue weighted by molar-refractivity contribution is 6.13. The summed E-state index contributed by atoms with van der Waals surface area (Å²) in [6.45, 7) is 0.685. The number of halogens is 2. The van der Waals surface area contributed by atoms with Gasteiger partial charge in [0.15, 0.2) is 5.70 Å². The normalized spacial score (nSPS) is 18.2. The Kier molecular flexibility index (Phi) is 4.27. The Labute approximate surface area is 153 Å². The number of carbonyl (C=O) groups excluding carboxylic acids is 2. The SMILES string of the molecule is O=C1OC(c2ccc(N3CCCC3=O)cc2)=NC1=Cc1ccc(F)cc1F. The van der Waals surface area contributed by atoms with Gasteiger partial charge in [-0.3, -0.25) is 4.79 Å². The molecule has 0 radical (unpaired) electrons. The van der Waals surface area contributed by atoms with Crippen molar-refractivity contribution in [3.8, 4) is 0 Å². The summed E-state index contributed by atoms with van der Waals surface area (Å²) >= 11 is 0. The second-order valence-electron chi connectivity index (χ2n) is 6.20. The van der Waals surface area contributed by atoms with Crippen molar-refractivity contribution in [2.45, 2.75) is 12.8 Å². The molecule has 2 aromatic carbocycles. The summed E-state index contributed by atoms with van der Waals surface area (Å²) in [5.74, 6) is -2.04. The summed E-state index contributed by atoms with van der Waals surface area (Å²) in [6.07, 6.45) is 2.58. The number of amides is 1. The third-order valence-corrected chi connectivity index (χ3v) is 4.37. The number of esters is 1. The van der Waals surface area contributed by atoms with E-state index in [9.17, 15) is 18.4 Å². The molecule has 0 saturated carbocycles. The molecule has 0 unspecified atom stereocenters. The molecule has 2 heterocycles. The van der Waals surface area contributed by atoms with Gasteiger partial charge in [0, 0.05) is 35.8 Å². The minimum atomic E-state index is -0.793. The number of nitrogens with zero attached hydrogens (tertiary/aromatic N) is 2. The second kappa shape index (κ2) is 6.75. The van der Waals surface area contributed by atoms with Crippen LogP contribution in [-0.4, -0.2) is 24.3 Å². The van der Waals surface area contributed by atoms with Crippen LogP contribution in [0.25, 0.3) is 6.08 Å². The summed E-state index contributed by atoms with van der Waals surface area (Å²) < 4.78 is 31.9. The van der Waals surface area contributed by atoms with Gasteiger partial charge in [0.25, 0.3) is 0 Å². The molecule has 27 heavy (non-hydrogen) atoms. The van der Waals surface area contributed by atoms with Crippen LogP contribution in [0.5, 0.6) is 0 Å². The molecule has 0 spiro atoms. The number of hydrogen-bond acceptors (Lipinski definition) is 4. The largest absolute Gasteiger partial charge is 0.402 e. The number of aliphatic imine (C=N–C) groups is 1. The number of ether oxygens (including phenoxy) is 1. The lowest BCUT2D eigenvalue weighted by molar-refractivity contribution is -0.130. The number of cyclic esters (lactones) is 1. The molecular weight excluding hydrogens is 354 g/mol. The Bertz CT molecular complexity index is 997. The lowest BCUT2D eigenvalue weighted by atomic mass is 10.1. The first-order chi connectivity index (χ1) is 13.0. The van der Waals surface area contributed by atoms with E-state index in [0.29, 0.717) is 18.5 Å². The third kappa shape index (κ3) is 3.36. The van der Waals surface area contributed by atoms with Gasteiger partial charge in [-0.2, -0.15) is 0 Å². The van der Waals surface area contributed by atoms with E-state index in [1.807, 2.05) is 0 Å². The molecular formula is C20H14F2N2O3. The van der Waals surface area contributed by atoms with Crippen LogP contribution in [0.1, 0.15) is 24.0 Å². The van der Waals surface area contributed by atoms with E-state index in [0.717, 1.165) is 24.2 Å². The van der Waals surface area contributed by atoms with E-state index in [1.165, 1.54) is 12.1 Å². The molecule has 1 fully saturated rings. The number of hydrogen-bond donors (Lipinski definition) is 0. The highest BCUT2D eigenvalue weighted by Crippen LogP contribution is 2.24. The topological polar surface area (TPSA) is 59.0 Å². The van der Waals surface area contributed by atoms with Crippen molar-refractivity contribution in [3.63, 3.8) is 0 Å². The zero-order valence-corrected chi connectivity index (χ0v) is 14.1. The maximum atomic E-state index is 13.8. The van der Waals surface area contributed by atoms with E-state index in [4.69, 9.17) is 4.74 Å². The van der Waals surface area contributed by atoms with Crippen LogP contribution in [0.2, 0.25) is 0 Å². The van der Waals surface area contributed by atoms with Gasteiger partial charge in [0.2, 0.25) is 11.8 Å². The number of benzene rings is 2. The molecule has 2 aromatic rings. The number of carbonyl (C=O) groups is 2. The van der Waals surface area contributed by atoms with Gasteiger partial charge in [-0.1, -0.05) is 0 Å². The lowest BCUT2D eigenvalue weighted by Crippen LogP contribution is -2.23. The molecule has 2 aliphatic heterocycles. The third-order valence-electron chi connectivity index (χ3n) is 4.37. The first-order valence-corrected chi connectivity index (χ1v) is 8.40. The second-order valence-corrected chi connectivity index (χ2v) is 6.20. The van der Waals surface area contributed by atoms with E-state index < -0.39 is 17.6 Å². The maximum absolute atomic E-state index is 13.8. The fraction of sp³-hybridized carbons (Fsp3) is 0.150. The summed E-state index contributed by atoms with van der Waals surface area (Å²) in [5.41, 5.74) is 1.29. The molecule has 0 aliphatic carbocycles. The van der Waals surface area contributed by atoms with Crippen LogP contribution < -0.4 is 4.90 Å². The van der Waals surface area contributed by atoms with E-state index >= 15 is 0 Å². The predicted molar refractivity (Wildman–Crippen MR) is 95.0 cm³/mol. The van der Waals surface area contributed by atoms with Crippen LogP contribution in [0.15, 0.2) is 53.2 Å². The summed E-state index contributed by atoms with van der Waals surface area (Å²) in [7, 11) is 0. The fourth-order valence-corrected chi connectivity index (χ4v) is 3.00. The van der Waals surface area contributed by atoms with Gasteiger partial charge in [-0.25, -0.2) is 18.6 Å². The number of anilines is 1. The highest BCUT2D eigenvalue weighted by Gasteiger charge is 2.26. The van der Waals surface area contributed by atoms with Crippen molar-refractivity contribution >= 4 is 29.5 Å². The molecule has 0 bridgehead atoms. The van der Waals surface area contributed by atoms with Gasteiger partial charge in [0.1, 0.15) is 11.6 Å². The standard InChI is InChI=1S/C20H14F2N2O3/c21-14-6-3-13(16(22)11-14)10-17-20(26)27-19(23-17)12-4-7-15(8-5-12)24-9-1-2-18(24)25/h3-8,10-11H,1-2,9H2. The molecule has 7 heteroatoms. The van der Waals surface area contributed by atoms with Gasteiger partial charge in [0.05, 0.1) is 0 Å². The van der Waals surface area contributed by atoms with E-state index in [-0.39, 0.29) is 23.1 Å². The molecule has 0 atom stereocenters. The Morgan fingerprint density at radius 1 is 1.07 bits per heavy atom. The van der Waals surface area contributed by atoms with Crippen LogP contribution in [0, 0.1) is 11.6 Å². The van der Waals surface area contributed by atoms with Crippen LogP contribution in [0.3, 0.4) is 0 Å². The monoisotopic (exact) mass is 368 g/mol. The molecule has 2 aliphatic rings. The first-order valence-electron chi connectivity index (χ1n) is 8.40. The molecule has 1 amide bonds. The maximum Gasteiger partial charge on any atom is 0.363 e.